The van der Waals surface area contributed by atoms with E-state index in [9.17, 15) is 24.9 Å². The highest BCUT2D eigenvalue weighted by Gasteiger charge is 2.36. The van der Waals surface area contributed by atoms with E-state index in [1.54, 1.807) is 0 Å². The predicted octanol–water partition coefficient (Wildman–Crippen LogP) is -3.52. The molecule has 0 aromatic heterocycles. The van der Waals surface area contributed by atoms with Gasteiger partial charge in [0.05, 0.1) is 12.7 Å². The monoisotopic (exact) mass is 282 g/mol. The van der Waals surface area contributed by atoms with Crippen LogP contribution in [0.15, 0.2) is 0 Å². The second-order valence-corrected chi connectivity index (χ2v) is 3.93. The van der Waals surface area contributed by atoms with Crippen LogP contribution in [-0.2, 0) is 14.3 Å². The number of methoxy groups -OCH3 is 1. The summed E-state index contributed by atoms with van der Waals surface area (Å²) in [6, 6.07) is 0. The van der Waals surface area contributed by atoms with Crippen LogP contribution in [0.3, 0.4) is 0 Å². The molecule has 0 bridgehead atoms. The molecule has 9 heteroatoms. The fourth-order valence-corrected chi connectivity index (χ4v) is 1.45. The van der Waals surface area contributed by atoms with E-state index in [0.29, 0.717) is 0 Å². The highest BCUT2D eigenvalue weighted by atomic mass is 16.5. The fourth-order valence-electron chi connectivity index (χ4n) is 1.45. The first-order valence-corrected chi connectivity index (χ1v) is 5.38. The van der Waals surface area contributed by atoms with Gasteiger partial charge in [-0.1, -0.05) is 0 Å². The Hall–Kier alpha value is -1.10. The molecule has 0 unspecified atom stereocenters. The van der Waals surface area contributed by atoms with E-state index in [4.69, 9.17) is 15.3 Å². The maximum Gasteiger partial charge on any atom is 0.372 e. The first kappa shape index (κ1) is 17.9. The summed E-state index contributed by atoms with van der Waals surface area (Å²) in [6.07, 6.45) is -9.33. The average Bonchev–Trinajstić information content (AvgIpc) is 2.37. The predicted molar refractivity (Wildman–Crippen MR) is 59.2 cm³/mol. The van der Waals surface area contributed by atoms with Crippen molar-refractivity contribution in [2.45, 2.75) is 36.9 Å². The third kappa shape index (κ3) is 5.19. The second-order valence-electron chi connectivity index (χ2n) is 3.93. The standard InChI is InChI=1S/C10H18O9/c1-19-9(4(12)2-5(13)10(17)18)8(16)7(15)6(14)3-11/h4,6-9,11-12,14-16H,2-3H2,1H3,(H,17,18)/t4-,6+,7+,8-,9+/m0/s1. The van der Waals surface area contributed by atoms with Gasteiger partial charge in [-0.25, -0.2) is 4.79 Å². The molecule has 0 heterocycles. The normalized spacial score (nSPS) is 19.3. The van der Waals surface area contributed by atoms with Crippen molar-refractivity contribution in [3.63, 3.8) is 0 Å². The van der Waals surface area contributed by atoms with Gasteiger partial charge in [-0.3, -0.25) is 4.79 Å². The number of ether oxygens (including phenoxy) is 1. The molecule has 9 nitrogen and oxygen atoms in total. The molecule has 0 fully saturated rings. The molecule has 0 saturated carbocycles. The number of hydrogen-bond acceptors (Lipinski definition) is 8. The van der Waals surface area contributed by atoms with Gasteiger partial charge in [0.1, 0.15) is 24.4 Å². The van der Waals surface area contributed by atoms with Crippen molar-refractivity contribution in [1.82, 2.24) is 0 Å². The lowest BCUT2D eigenvalue weighted by Crippen LogP contribution is -2.51. The summed E-state index contributed by atoms with van der Waals surface area (Å²) in [5, 5.41) is 54.8. The molecule has 0 spiro atoms. The van der Waals surface area contributed by atoms with Gasteiger partial charge in [0.25, 0.3) is 0 Å². The average molecular weight is 282 g/mol. The van der Waals surface area contributed by atoms with E-state index in [0.717, 1.165) is 7.11 Å². The topological polar surface area (TPSA) is 165 Å². The summed E-state index contributed by atoms with van der Waals surface area (Å²) in [7, 11) is 1.06. The lowest BCUT2D eigenvalue weighted by Gasteiger charge is -2.30. The summed E-state index contributed by atoms with van der Waals surface area (Å²) in [5.74, 6) is -3.04. The van der Waals surface area contributed by atoms with E-state index in [2.05, 4.69) is 4.74 Å². The number of carbonyl (C=O) groups is 2. The third-order valence-electron chi connectivity index (χ3n) is 2.55. The minimum Gasteiger partial charge on any atom is -0.475 e. The van der Waals surface area contributed by atoms with Crippen LogP contribution in [0, 0.1) is 0 Å². The van der Waals surface area contributed by atoms with E-state index in [1.165, 1.54) is 0 Å². The molecule has 0 amide bonds. The number of carboxylic acids is 1. The maximum absolute atomic E-state index is 10.9. The van der Waals surface area contributed by atoms with E-state index in [-0.39, 0.29) is 0 Å². The fraction of sp³-hybridized carbons (Fsp3) is 0.800. The number of aliphatic hydroxyl groups excluding tert-OH is 5. The van der Waals surface area contributed by atoms with Gasteiger partial charge in [-0.15, -0.1) is 0 Å². The highest BCUT2D eigenvalue weighted by molar-refractivity contribution is 6.32. The number of aliphatic hydroxyl groups is 5. The molecule has 0 aliphatic rings. The number of ketones is 1. The van der Waals surface area contributed by atoms with E-state index >= 15 is 0 Å². The number of aliphatic carboxylic acids is 1. The molecule has 0 saturated heterocycles. The molecule has 112 valence electrons. The van der Waals surface area contributed by atoms with Crippen molar-refractivity contribution in [1.29, 1.82) is 0 Å². The molecule has 19 heavy (non-hydrogen) atoms. The first-order chi connectivity index (χ1) is 8.76. The summed E-state index contributed by atoms with van der Waals surface area (Å²) in [4.78, 5) is 21.2. The van der Waals surface area contributed by atoms with Gasteiger partial charge in [0, 0.05) is 13.5 Å². The number of carboxylic acid groups (broad SMARTS) is 1. The minimum atomic E-state index is -1.83. The van der Waals surface area contributed by atoms with Gasteiger partial charge >= 0.3 is 5.97 Å². The quantitative estimate of drug-likeness (QED) is 0.235. The second kappa shape index (κ2) is 8.15. The van der Waals surface area contributed by atoms with Crippen molar-refractivity contribution in [2.24, 2.45) is 0 Å². The van der Waals surface area contributed by atoms with Crippen LogP contribution in [0.25, 0.3) is 0 Å². The van der Waals surface area contributed by atoms with Gasteiger partial charge < -0.3 is 35.4 Å². The van der Waals surface area contributed by atoms with Crippen LogP contribution in [0.4, 0.5) is 0 Å². The molecule has 0 radical (unpaired) electrons. The molecular formula is C10H18O9. The molecule has 0 aromatic rings. The summed E-state index contributed by atoms with van der Waals surface area (Å²) in [5.41, 5.74) is 0. The molecular weight excluding hydrogens is 264 g/mol. The Labute approximate surface area is 108 Å². The van der Waals surface area contributed by atoms with Gasteiger partial charge in [0.2, 0.25) is 5.78 Å². The summed E-state index contributed by atoms with van der Waals surface area (Å²) >= 11 is 0. The van der Waals surface area contributed by atoms with Crippen LogP contribution < -0.4 is 0 Å². The van der Waals surface area contributed by atoms with E-state index in [1.807, 2.05) is 0 Å². The Morgan fingerprint density at radius 3 is 1.95 bits per heavy atom. The van der Waals surface area contributed by atoms with Gasteiger partial charge in [0.15, 0.2) is 0 Å². The molecule has 0 aliphatic heterocycles. The van der Waals surface area contributed by atoms with Crippen LogP contribution in [-0.4, -0.2) is 86.6 Å². The lowest BCUT2D eigenvalue weighted by molar-refractivity contribution is -0.160. The van der Waals surface area contributed by atoms with Crippen molar-refractivity contribution in [3.8, 4) is 0 Å². The zero-order chi connectivity index (χ0) is 15.2. The Bertz CT molecular complexity index is 305. The molecule has 0 aromatic carbocycles. The van der Waals surface area contributed by atoms with Gasteiger partial charge in [-0.05, 0) is 0 Å². The van der Waals surface area contributed by atoms with E-state index < -0.39 is 55.3 Å². The van der Waals surface area contributed by atoms with Crippen molar-refractivity contribution >= 4 is 11.8 Å². The maximum atomic E-state index is 10.9. The van der Waals surface area contributed by atoms with Crippen LogP contribution in [0.2, 0.25) is 0 Å². The number of rotatable bonds is 9. The Balaban J connectivity index is 4.71. The van der Waals surface area contributed by atoms with Crippen molar-refractivity contribution in [3.05, 3.63) is 0 Å². The Kier molecular flexibility index (Phi) is 7.68. The van der Waals surface area contributed by atoms with Crippen LogP contribution in [0.5, 0.6) is 0 Å². The highest BCUT2D eigenvalue weighted by Crippen LogP contribution is 2.14. The zero-order valence-corrected chi connectivity index (χ0v) is 10.2. The van der Waals surface area contributed by atoms with Crippen LogP contribution in [0.1, 0.15) is 6.42 Å². The third-order valence-corrected chi connectivity index (χ3v) is 2.55. The summed E-state index contributed by atoms with van der Waals surface area (Å²) < 4.78 is 4.67. The molecule has 5 atom stereocenters. The van der Waals surface area contributed by atoms with Crippen LogP contribution >= 0.6 is 0 Å². The SMILES string of the molecule is CO[C@@H]([C@@H](O)[C@H](O)[C@H](O)CO)[C@@H](O)CC(=O)C(=O)O. The zero-order valence-electron chi connectivity index (χ0n) is 10.2. The molecule has 0 aliphatic carbocycles. The molecule has 0 rings (SSSR count). The van der Waals surface area contributed by atoms with Crippen molar-refractivity contribution < 1.29 is 45.0 Å². The number of carbonyl (C=O) groups excluding carboxylic acids is 1. The van der Waals surface area contributed by atoms with Gasteiger partial charge in [-0.2, -0.15) is 0 Å². The number of hydrogen-bond donors (Lipinski definition) is 6. The lowest BCUT2D eigenvalue weighted by atomic mass is 9.96. The smallest absolute Gasteiger partial charge is 0.372 e. The molecule has 6 N–H and O–H groups in total. The largest absolute Gasteiger partial charge is 0.475 e. The minimum absolute atomic E-state index is 0.827. The summed E-state index contributed by atoms with van der Waals surface area (Å²) in [6.45, 7) is -0.835. The first-order valence-electron chi connectivity index (χ1n) is 5.38. The van der Waals surface area contributed by atoms with Crippen molar-refractivity contribution in [2.75, 3.05) is 13.7 Å². The Morgan fingerprint density at radius 1 is 1.05 bits per heavy atom. The number of Topliss-reactive ketones (excluding diaryl/α,β-unsaturated/α-hetero) is 1. The Morgan fingerprint density at radius 2 is 1.58 bits per heavy atom.